The number of ketones is 4. The molecule has 2 aliphatic heterocycles. The summed E-state index contributed by atoms with van der Waals surface area (Å²) in [5.41, 5.74) is 3.89. The number of hydrogen-bond donors (Lipinski definition) is 0. The highest BCUT2D eigenvalue weighted by molar-refractivity contribution is 6.05. The number of hydrogen-bond acceptors (Lipinski definition) is 6. The van der Waals surface area contributed by atoms with E-state index in [0.29, 0.717) is 0 Å². The van der Waals surface area contributed by atoms with Gasteiger partial charge in [-0.3, -0.25) is 19.2 Å². The quantitative estimate of drug-likeness (QED) is 0.764. The summed E-state index contributed by atoms with van der Waals surface area (Å²) in [6, 6.07) is 15.7. The van der Waals surface area contributed by atoms with Crippen molar-refractivity contribution < 1.29 is 19.2 Å². The Hall–Kier alpha value is -3.80. The van der Waals surface area contributed by atoms with E-state index in [-0.39, 0.29) is 49.3 Å². The maximum Gasteiger partial charge on any atom is 0.175 e. The molecule has 6 nitrogen and oxygen atoms in total. The molecule has 0 aromatic heterocycles. The van der Waals surface area contributed by atoms with Crippen molar-refractivity contribution in [1.29, 1.82) is 0 Å². The van der Waals surface area contributed by atoms with Crippen LogP contribution in [0.4, 0.5) is 11.4 Å². The Kier molecular flexibility index (Phi) is 5.89. The molecule has 6 heteroatoms. The van der Waals surface area contributed by atoms with Gasteiger partial charge in [0.2, 0.25) is 0 Å². The molecule has 0 atom stereocenters. The van der Waals surface area contributed by atoms with Gasteiger partial charge in [0.1, 0.15) is 0 Å². The molecular formula is C25H22N2O4. The molecular weight excluding hydrogens is 392 g/mol. The summed E-state index contributed by atoms with van der Waals surface area (Å²) in [6.45, 7) is 0.778. The first kappa shape index (κ1) is 20.5. The van der Waals surface area contributed by atoms with Crippen molar-refractivity contribution in [3.05, 3.63) is 84.0 Å². The molecule has 4 rings (SSSR count). The molecule has 0 radical (unpaired) electrons. The minimum Gasteiger partial charge on any atom is -0.356 e. The fourth-order valence-electron chi connectivity index (χ4n) is 3.70. The lowest BCUT2D eigenvalue weighted by atomic mass is 10.0. The second-order valence-electron chi connectivity index (χ2n) is 7.75. The van der Waals surface area contributed by atoms with Crippen LogP contribution in [0, 0.1) is 0 Å². The fourth-order valence-corrected chi connectivity index (χ4v) is 3.70. The number of carbonyl (C=O) groups is 4. The Morgan fingerprint density at radius 3 is 1.06 bits per heavy atom. The Bertz CT molecular complexity index is 954. The van der Waals surface area contributed by atoms with Crippen molar-refractivity contribution in [1.82, 2.24) is 0 Å². The molecule has 2 heterocycles. The average molecular weight is 414 g/mol. The van der Waals surface area contributed by atoms with Crippen molar-refractivity contribution in [2.75, 3.05) is 36.0 Å². The van der Waals surface area contributed by atoms with Crippen LogP contribution in [0.3, 0.4) is 0 Å². The molecule has 0 saturated heterocycles. The predicted molar refractivity (Wildman–Crippen MR) is 118 cm³/mol. The molecule has 0 aliphatic carbocycles. The van der Waals surface area contributed by atoms with Crippen LogP contribution in [0.15, 0.2) is 72.8 Å². The van der Waals surface area contributed by atoms with Crippen molar-refractivity contribution in [3.8, 4) is 0 Å². The Morgan fingerprint density at radius 1 is 0.484 bits per heavy atom. The minimum atomic E-state index is -0.0846. The van der Waals surface area contributed by atoms with Gasteiger partial charge in [-0.05, 0) is 66.1 Å². The third kappa shape index (κ3) is 5.22. The lowest BCUT2D eigenvalue weighted by Gasteiger charge is -2.22. The lowest BCUT2D eigenvalue weighted by molar-refractivity contribution is -0.114. The highest BCUT2D eigenvalue weighted by Crippen LogP contribution is 2.21. The maximum absolute atomic E-state index is 11.8. The van der Waals surface area contributed by atoms with E-state index in [1.807, 2.05) is 48.5 Å². The first-order valence-corrected chi connectivity index (χ1v) is 10.1. The summed E-state index contributed by atoms with van der Waals surface area (Å²) < 4.78 is 0. The largest absolute Gasteiger partial charge is 0.356 e. The van der Waals surface area contributed by atoms with Gasteiger partial charge >= 0.3 is 0 Å². The summed E-state index contributed by atoms with van der Waals surface area (Å²) in [7, 11) is 0. The molecule has 0 amide bonds. The minimum absolute atomic E-state index is 0.0846. The molecule has 0 N–H and O–H groups in total. The molecule has 0 spiro atoms. The van der Waals surface area contributed by atoms with E-state index in [1.165, 1.54) is 24.3 Å². The molecule has 0 bridgehead atoms. The van der Waals surface area contributed by atoms with Crippen molar-refractivity contribution in [2.45, 2.75) is 6.42 Å². The SMILES string of the molecule is O=C1C=CC(=O)CN(c2ccc(Cc3ccc(N4CC(=O)C=CC(=O)C4)cc3)cc2)C1. The van der Waals surface area contributed by atoms with Gasteiger partial charge in [0.25, 0.3) is 0 Å². The normalized spacial score (nSPS) is 17.2. The Labute approximate surface area is 180 Å². The Balaban J connectivity index is 1.41. The summed E-state index contributed by atoms with van der Waals surface area (Å²) in [6.07, 6.45) is 6.09. The first-order chi connectivity index (χ1) is 15.0. The van der Waals surface area contributed by atoms with Gasteiger partial charge in [-0.25, -0.2) is 0 Å². The van der Waals surface area contributed by atoms with Crippen LogP contribution in [-0.4, -0.2) is 49.3 Å². The van der Waals surface area contributed by atoms with Crippen LogP contribution >= 0.6 is 0 Å². The highest BCUT2D eigenvalue weighted by Gasteiger charge is 2.18. The molecule has 0 saturated carbocycles. The van der Waals surface area contributed by atoms with Gasteiger partial charge in [0, 0.05) is 11.4 Å². The van der Waals surface area contributed by atoms with E-state index in [0.717, 1.165) is 28.9 Å². The third-order valence-corrected chi connectivity index (χ3v) is 5.31. The number of rotatable bonds is 4. The molecule has 0 fully saturated rings. The van der Waals surface area contributed by atoms with Crippen LogP contribution in [-0.2, 0) is 25.6 Å². The van der Waals surface area contributed by atoms with Crippen LogP contribution in [0.5, 0.6) is 0 Å². The van der Waals surface area contributed by atoms with E-state index in [4.69, 9.17) is 0 Å². The summed E-state index contributed by atoms with van der Waals surface area (Å²) in [5, 5.41) is 0. The second-order valence-corrected chi connectivity index (χ2v) is 7.75. The molecule has 2 aromatic rings. The Morgan fingerprint density at radius 2 is 0.774 bits per heavy atom. The molecule has 0 unspecified atom stereocenters. The monoisotopic (exact) mass is 414 g/mol. The van der Waals surface area contributed by atoms with Crippen LogP contribution in [0.1, 0.15) is 11.1 Å². The average Bonchev–Trinajstić information content (AvgIpc) is 3.04. The highest BCUT2D eigenvalue weighted by atomic mass is 16.1. The topological polar surface area (TPSA) is 74.8 Å². The van der Waals surface area contributed by atoms with E-state index < -0.39 is 0 Å². The van der Waals surface area contributed by atoms with E-state index in [1.54, 1.807) is 9.80 Å². The number of nitrogens with zero attached hydrogens (tertiary/aromatic N) is 2. The summed E-state index contributed by atoms with van der Waals surface area (Å²) in [5.74, 6) is -0.338. The lowest BCUT2D eigenvalue weighted by Crippen LogP contribution is -2.31. The zero-order valence-corrected chi connectivity index (χ0v) is 17.0. The molecule has 2 aromatic carbocycles. The zero-order valence-electron chi connectivity index (χ0n) is 17.0. The van der Waals surface area contributed by atoms with Gasteiger partial charge in [0.15, 0.2) is 23.1 Å². The van der Waals surface area contributed by atoms with E-state index in [9.17, 15) is 19.2 Å². The van der Waals surface area contributed by atoms with Gasteiger partial charge in [-0.1, -0.05) is 24.3 Å². The third-order valence-electron chi connectivity index (χ3n) is 5.31. The summed E-state index contributed by atoms with van der Waals surface area (Å²) >= 11 is 0. The van der Waals surface area contributed by atoms with Crippen LogP contribution in [0.25, 0.3) is 0 Å². The van der Waals surface area contributed by atoms with Gasteiger partial charge in [-0.2, -0.15) is 0 Å². The number of carbonyl (C=O) groups excluding carboxylic acids is 4. The number of benzene rings is 2. The van der Waals surface area contributed by atoms with E-state index in [2.05, 4.69) is 0 Å². The molecule has 2 aliphatic rings. The number of anilines is 2. The van der Waals surface area contributed by atoms with Gasteiger partial charge in [0.05, 0.1) is 26.2 Å². The smallest absolute Gasteiger partial charge is 0.175 e. The molecule has 156 valence electrons. The fraction of sp³-hybridized carbons (Fsp3) is 0.200. The van der Waals surface area contributed by atoms with Crippen LogP contribution in [0.2, 0.25) is 0 Å². The standard InChI is InChI=1S/C25H22N2O4/c28-22-9-10-23(29)15-26(14-22)20-5-1-18(2-6-20)13-19-3-7-21(8-4-19)27-16-24(30)11-12-25(31)17-27/h1-12H,13-17H2. The van der Waals surface area contributed by atoms with Gasteiger partial charge < -0.3 is 9.80 Å². The first-order valence-electron chi connectivity index (χ1n) is 10.1. The van der Waals surface area contributed by atoms with E-state index >= 15 is 0 Å². The zero-order chi connectivity index (χ0) is 21.8. The summed E-state index contributed by atoms with van der Waals surface area (Å²) in [4.78, 5) is 50.7. The van der Waals surface area contributed by atoms with Crippen LogP contribution < -0.4 is 9.80 Å². The predicted octanol–water partition coefficient (Wildman–Crippen LogP) is 2.31. The van der Waals surface area contributed by atoms with Gasteiger partial charge in [-0.15, -0.1) is 0 Å². The van der Waals surface area contributed by atoms with Crippen molar-refractivity contribution >= 4 is 34.5 Å². The van der Waals surface area contributed by atoms with Crippen molar-refractivity contribution in [3.63, 3.8) is 0 Å². The molecule has 31 heavy (non-hydrogen) atoms. The van der Waals surface area contributed by atoms with Crippen molar-refractivity contribution in [2.24, 2.45) is 0 Å². The second kappa shape index (κ2) is 8.92. The maximum atomic E-state index is 11.8.